The third-order valence-electron chi connectivity index (χ3n) is 11.2. The van der Waals surface area contributed by atoms with Gasteiger partial charge in [0.25, 0.3) is 0 Å². The van der Waals surface area contributed by atoms with Crippen molar-refractivity contribution in [2.24, 2.45) is 0 Å². The average molecular weight is 745 g/mol. The van der Waals surface area contributed by atoms with Crippen LogP contribution in [0.25, 0.3) is 81.0 Å². The molecule has 0 saturated heterocycles. The molecule has 268 valence electrons. The third kappa shape index (κ3) is 5.71. The lowest BCUT2D eigenvalue weighted by molar-refractivity contribution is 1.18. The molecule has 0 N–H and O–H groups in total. The van der Waals surface area contributed by atoms with Crippen molar-refractivity contribution in [3.05, 3.63) is 218 Å². The van der Waals surface area contributed by atoms with Crippen LogP contribution in [0, 0.1) is 0 Å². The summed E-state index contributed by atoms with van der Waals surface area (Å²) < 4.78 is 4.96. The molecule has 0 spiro atoms. The lowest BCUT2D eigenvalue weighted by atomic mass is 9.98. The van der Waals surface area contributed by atoms with E-state index in [4.69, 9.17) is 0 Å². The van der Waals surface area contributed by atoms with Crippen LogP contribution in [0.3, 0.4) is 0 Å². The zero-order valence-electron chi connectivity index (χ0n) is 31.1. The molecule has 0 bridgehead atoms. The van der Waals surface area contributed by atoms with E-state index in [-0.39, 0.29) is 0 Å². The Bertz CT molecular complexity index is 3190. The summed E-state index contributed by atoms with van der Waals surface area (Å²) in [7, 11) is 0. The molecule has 0 amide bonds. The van der Waals surface area contributed by atoms with Gasteiger partial charge in [-0.25, -0.2) is 0 Å². The van der Waals surface area contributed by atoms with E-state index >= 15 is 0 Å². The Morgan fingerprint density at radius 3 is 1.67 bits per heavy atom. The van der Waals surface area contributed by atoms with Crippen LogP contribution < -0.4 is 4.90 Å². The van der Waals surface area contributed by atoms with Gasteiger partial charge in [-0.3, -0.25) is 0 Å². The van der Waals surface area contributed by atoms with Crippen LogP contribution in [0.4, 0.5) is 17.1 Å². The van der Waals surface area contributed by atoms with Gasteiger partial charge in [0.1, 0.15) is 0 Å². The molecule has 0 saturated carbocycles. The molecule has 0 radical (unpaired) electrons. The molecule has 11 aromatic rings. The van der Waals surface area contributed by atoms with Crippen molar-refractivity contribution < 1.29 is 0 Å². The van der Waals surface area contributed by atoms with Gasteiger partial charge in [-0.2, -0.15) is 0 Å². The molecule has 0 unspecified atom stereocenters. The van der Waals surface area contributed by atoms with Gasteiger partial charge in [-0.05, 0) is 100 Å². The number of para-hydroxylation sites is 3. The monoisotopic (exact) mass is 744 g/mol. The highest BCUT2D eigenvalue weighted by atomic mass is 32.1. The second kappa shape index (κ2) is 13.8. The summed E-state index contributed by atoms with van der Waals surface area (Å²) in [5, 5.41) is 5.06. The summed E-state index contributed by atoms with van der Waals surface area (Å²) in [5.74, 6) is 0. The lowest BCUT2D eigenvalue weighted by Crippen LogP contribution is -2.10. The fourth-order valence-electron chi connectivity index (χ4n) is 8.58. The maximum atomic E-state index is 2.43. The van der Waals surface area contributed by atoms with E-state index < -0.39 is 0 Å². The molecule has 0 aliphatic heterocycles. The number of nitrogens with zero attached hydrogens (tertiary/aromatic N) is 2. The van der Waals surface area contributed by atoms with E-state index in [0.717, 1.165) is 22.7 Å². The van der Waals surface area contributed by atoms with Crippen LogP contribution >= 0.6 is 11.3 Å². The van der Waals surface area contributed by atoms with Crippen LogP contribution in [0.5, 0.6) is 0 Å². The molecule has 9 aromatic carbocycles. The van der Waals surface area contributed by atoms with Crippen LogP contribution in [0.2, 0.25) is 0 Å². The van der Waals surface area contributed by atoms with Crippen molar-refractivity contribution in [2.45, 2.75) is 0 Å². The molecule has 0 fully saturated rings. The maximum absolute atomic E-state index is 2.43. The number of thiophene rings is 1. The number of anilines is 3. The highest BCUT2D eigenvalue weighted by Gasteiger charge is 2.22. The maximum Gasteiger partial charge on any atom is 0.0555 e. The quantitative estimate of drug-likeness (QED) is 0.158. The first-order valence-corrected chi connectivity index (χ1v) is 20.2. The summed E-state index contributed by atoms with van der Waals surface area (Å²) in [4.78, 5) is 2.43. The SMILES string of the molecule is c1ccc(-c2cccc(-c3cccc(N(c4ccccc4)c4ccc(-c5cccc(-n6c7ccccc7c7ccccc76)c5)c5sc6ccccc6c45)c3)c2)cc1. The van der Waals surface area contributed by atoms with Crippen molar-refractivity contribution in [3.8, 4) is 39.1 Å². The largest absolute Gasteiger partial charge is 0.310 e. The number of rotatable bonds is 7. The minimum Gasteiger partial charge on any atom is -0.310 e. The van der Waals surface area contributed by atoms with Crippen molar-refractivity contribution in [3.63, 3.8) is 0 Å². The van der Waals surface area contributed by atoms with E-state index in [1.54, 1.807) is 0 Å². The topological polar surface area (TPSA) is 8.17 Å². The Hall–Kier alpha value is -7.20. The fraction of sp³-hybridized carbons (Fsp3) is 0. The lowest BCUT2D eigenvalue weighted by Gasteiger charge is -2.27. The molecule has 0 atom stereocenters. The van der Waals surface area contributed by atoms with Gasteiger partial charge in [0.05, 0.1) is 16.7 Å². The molecule has 11 rings (SSSR count). The van der Waals surface area contributed by atoms with Crippen molar-refractivity contribution in [2.75, 3.05) is 4.90 Å². The number of hydrogen-bond acceptors (Lipinski definition) is 2. The summed E-state index contributed by atoms with van der Waals surface area (Å²) in [6.45, 7) is 0. The van der Waals surface area contributed by atoms with Gasteiger partial charge in [-0.15, -0.1) is 11.3 Å². The smallest absolute Gasteiger partial charge is 0.0555 e. The Kier molecular flexibility index (Phi) is 8.04. The van der Waals surface area contributed by atoms with Crippen LogP contribution in [-0.4, -0.2) is 4.57 Å². The van der Waals surface area contributed by atoms with Crippen molar-refractivity contribution in [1.29, 1.82) is 0 Å². The molecule has 0 aliphatic carbocycles. The van der Waals surface area contributed by atoms with Gasteiger partial charge < -0.3 is 9.47 Å². The number of benzene rings is 9. The normalized spacial score (nSPS) is 11.5. The molecule has 2 aromatic heterocycles. The van der Waals surface area contributed by atoms with Crippen LogP contribution in [-0.2, 0) is 0 Å². The minimum atomic E-state index is 1.11. The standard InChI is InChI=1S/C54H36N2S/c1-3-16-37(17-4-1)38-18-13-19-39(34-38)40-20-14-24-43(35-40)55(42-22-5-2-6-23-42)51-33-32-45(54-53(51)48-28-9-12-31-52(48)57-54)41-21-15-25-44(36-41)56-49-29-10-7-26-46(49)47-27-8-11-30-50(47)56/h1-36H. The number of hydrogen-bond donors (Lipinski definition) is 0. The molecule has 2 heterocycles. The Balaban J connectivity index is 1.09. The van der Waals surface area contributed by atoms with Crippen molar-refractivity contribution in [1.82, 2.24) is 4.57 Å². The summed E-state index contributed by atoms with van der Waals surface area (Å²) in [6, 6.07) is 79.3. The van der Waals surface area contributed by atoms with Gasteiger partial charge in [0.2, 0.25) is 0 Å². The minimum absolute atomic E-state index is 1.11. The third-order valence-corrected chi connectivity index (χ3v) is 12.4. The van der Waals surface area contributed by atoms with E-state index in [0.29, 0.717) is 0 Å². The number of aromatic nitrogens is 1. The highest BCUT2D eigenvalue weighted by Crippen LogP contribution is 2.49. The number of fused-ring (bicyclic) bond motifs is 6. The Morgan fingerprint density at radius 2 is 0.912 bits per heavy atom. The Labute approximate surface area is 335 Å². The van der Waals surface area contributed by atoms with E-state index in [2.05, 4.69) is 228 Å². The second-order valence-corrected chi connectivity index (χ2v) is 15.6. The fourth-order valence-corrected chi connectivity index (χ4v) is 9.83. The molecule has 3 heteroatoms. The predicted molar refractivity (Wildman–Crippen MR) is 245 cm³/mol. The van der Waals surface area contributed by atoms with Gasteiger partial charge in [-0.1, -0.05) is 152 Å². The zero-order chi connectivity index (χ0) is 37.7. The summed E-state index contributed by atoms with van der Waals surface area (Å²) >= 11 is 1.88. The van der Waals surface area contributed by atoms with E-state index in [1.165, 1.54) is 75.4 Å². The van der Waals surface area contributed by atoms with E-state index in [9.17, 15) is 0 Å². The van der Waals surface area contributed by atoms with Gasteiger partial charge in [0.15, 0.2) is 0 Å². The van der Waals surface area contributed by atoms with Crippen LogP contribution in [0.1, 0.15) is 0 Å². The van der Waals surface area contributed by atoms with Gasteiger partial charge >= 0.3 is 0 Å². The first-order valence-electron chi connectivity index (χ1n) is 19.4. The zero-order valence-corrected chi connectivity index (χ0v) is 31.9. The Morgan fingerprint density at radius 1 is 0.368 bits per heavy atom. The molecular weight excluding hydrogens is 709 g/mol. The average Bonchev–Trinajstić information content (AvgIpc) is 3.84. The highest BCUT2D eigenvalue weighted by molar-refractivity contribution is 7.26. The van der Waals surface area contributed by atoms with Gasteiger partial charge in [0, 0.05) is 48.0 Å². The molecular formula is C54H36N2S. The first kappa shape index (κ1) is 33.2. The predicted octanol–water partition coefficient (Wildman–Crippen LogP) is 15.6. The molecule has 2 nitrogen and oxygen atoms in total. The molecule has 57 heavy (non-hydrogen) atoms. The van der Waals surface area contributed by atoms with Crippen molar-refractivity contribution >= 4 is 70.4 Å². The first-order chi connectivity index (χ1) is 28.3. The summed E-state index contributed by atoms with van der Waals surface area (Å²) in [6.07, 6.45) is 0. The van der Waals surface area contributed by atoms with E-state index in [1.807, 2.05) is 11.3 Å². The molecule has 0 aliphatic rings. The van der Waals surface area contributed by atoms with Crippen LogP contribution in [0.15, 0.2) is 218 Å². The second-order valence-electron chi connectivity index (χ2n) is 14.5. The summed E-state index contributed by atoms with van der Waals surface area (Å²) in [5.41, 5.74) is 14.2.